The van der Waals surface area contributed by atoms with Crippen LogP contribution in [0.2, 0.25) is 0 Å². The lowest BCUT2D eigenvalue weighted by Crippen LogP contribution is -2.44. The molecule has 0 radical (unpaired) electrons. The zero-order valence-corrected chi connectivity index (χ0v) is 18.3. The van der Waals surface area contributed by atoms with E-state index in [0.29, 0.717) is 16.7 Å². The monoisotopic (exact) mass is 425 g/mol. The van der Waals surface area contributed by atoms with Gasteiger partial charge in [-0.15, -0.1) is 0 Å². The average molecular weight is 426 g/mol. The fourth-order valence-corrected chi connectivity index (χ4v) is 4.86. The Morgan fingerprint density at radius 3 is 2.41 bits per heavy atom. The van der Waals surface area contributed by atoms with Crippen LogP contribution in [-0.4, -0.2) is 46.8 Å². The van der Waals surface area contributed by atoms with Crippen LogP contribution in [0.5, 0.6) is 0 Å². The van der Waals surface area contributed by atoms with E-state index in [1.165, 1.54) is 12.0 Å². The second kappa shape index (κ2) is 8.25. The van der Waals surface area contributed by atoms with Crippen molar-refractivity contribution in [1.82, 2.24) is 20.0 Å². The molecule has 2 aromatic carbocycles. The second-order valence-corrected chi connectivity index (χ2v) is 9.07. The van der Waals surface area contributed by atoms with E-state index < -0.39 is 0 Å². The molecule has 3 heterocycles. The Morgan fingerprint density at radius 2 is 1.78 bits per heavy atom. The van der Waals surface area contributed by atoms with Gasteiger partial charge in [-0.2, -0.15) is 10.4 Å². The molecule has 2 fully saturated rings. The quantitative estimate of drug-likeness (QED) is 0.690. The Kier molecular flexibility index (Phi) is 5.28. The summed E-state index contributed by atoms with van der Waals surface area (Å²) in [6.45, 7) is 5.77. The van der Waals surface area contributed by atoms with Crippen LogP contribution in [0.1, 0.15) is 40.9 Å². The first-order valence-corrected chi connectivity index (χ1v) is 11.2. The van der Waals surface area contributed by atoms with Crippen LogP contribution < -0.4 is 5.32 Å². The minimum atomic E-state index is -0.00781. The van der Waals surface area contributed by atoms with Crippen LogP contribution in [-0.2, 0) is 0 Å². The molecule has 3 aromatic rings. The molecule has 6 heteroatoms. The van der Waals surface area contributed by atoms with Gasteiger partial charge in [-0.3, -0.25) is 4.79 Å². The van der Waals surface area contributed by atoms with Crippen molar-refractivity contribution in [3.63, 3.8) is 0 Å². The number of amides is 1. The van der Waals surface area contributed by atoms with Crippen LogP contribution in [0.3, 0.4) is 0 Å². The number of nitrogens with zero attached hydrogens (tertiary/aromatic N) is 4. The smallest absolute Gasteiger partial charge is 0.274 e. The zero-order chi connectivity index (χ0) is 22.1. The number of aromatic nitrogens is 2. The molecular weight excluding hydrogens is 398 g/mol. The van der Waals surface area contributed by atoms with Crippen LogP contribution in [0.25, 0.3) is 16.9 Å². The van der Waals surface area contributed by atoms with E-state index in [0.717, 1.165) is 56.0 Å². The van der Waals surface area contributed by atoms with Crippen molar-refractivity contribution in [1.29, 1.82) is 5.26 Å². The summed E-state index contributed by atoms with van der Waals surface area (Å²) >= 11 is 0. The Balaban J connectivity index is 1.47. The van der Waals surface area contributed by atoms with Crippen LogP contribution >= 0.6 is 0 Å². The number of nitriles is 1. The third-order valence-corrected chi connectivity index (χ3v) is 6.96. The number of piperidine rings is 1. The molecule has 1 N–H and O–H groups in total. The van der Waals surface area contributed by atoms with Gasteiger partial charge >= 0.3 is 0 Å². The zero-order valence-electron chi connectivity index (χ0n) is 18.3. The normalized spacial score (nSPS) is 17.4. The number of nitrogens with one attached hydrogen (secondary N) is 1. The lowest BCUT2D eigenvalue weighted by atomic mass is 9.78. The van der Waals surface area contributed by atoms with E-state index in [4.69, 9.17) is 10.4 Å². The maximum Gasteiger partial charge on any atom is 0.274 e. The standard InChI is InChI=1S/C26H27N5O/c1-19-2-8-22(9-3-19)31-24(21-6-4-20(17-27)5-7-21)16-23(29-31)25(32)30-14-11-26(12-15-30)10-13-28-18-26/h2-9,16,28H,10-15,18H2,1H3. The van der Waals surface area contributed by atoms with Gasteiger partial charge in [-0.1, -0.05) is 29.8 Å². The van der Waals surface area contributed by atoms with Crippen LogP contribution in [0, 0.1) is 23.7 Å². The number of benzene rings is 2. The first-order valence-electron chi connectivity index (χ1n) is 11.2. The van der Waals surface area contributed by atoms with Crippen molar-refractivity contribution in [2.24, 2.45) is 5.41 Å². The first-order chi connectivity index (χ1) is 15.6. The summed E-state index contributed by atoms with van der Waals surface area (Å²) in [7, 11) is 0. The number of carbonyl (C=O) groups excluding carboxylic acids is 1. The van der Waals surface area contributed by atoms with E-state index in [9.17, 15) is 4.79 Å². The Hall–Kier alpha value is -3.43. The lowest BCUT2D eigenvalue weighted by molar-refractivity contribution is 0.0601. The molecular formula is C26H27N5O. The summed E-state index contributed by atoms with van der Waals surface area (Å²) in [6, 6.07) is 19.6. The number of aryl methyl sites for hydroxylation is 1. The van der Waals surface area contributed by atoms with Crippen LogP contribution in [0.15, 0.2) is 54.6 Å². The predicted molar refractivity (Wildman–Crippen MR) is 124 cm³/mol. The van der Waals surface area contributed by atoms with Gasteiger partial charge in [0.1, 0.15) is 0 Å². The van der Waals surface area contributed by atoms with Crippen molar-refractivity contribution in [2.45, 2.75) is 26.2 Å². The SMILES string of the molecule is Cc1ccc(-n2nc(C(=O)N3CCC4(CCNC4)CC3)cc2-c2ccc(C#N)cc2)cc1. The minimum Gasteiger partial charge on any atom is -0.337 e. The third kappa shape index (κ3) is 3.80. The fourth-order valence-electron chi connectivity index (χ4n) is 4.86. The highest BCUT2D eigenvalue weighted by atomic mass is 16.2. The Bertz CT molecular complexity index is 1150. The molecule has 0 bridgehead atoms. The lowest BCUT2D eigenvalue weighted by Gasteiger charge is -2.38. The first kappa shape index (κ1) is 20.5. The maximum atomic E-state index is 13.4. The van der Waals surface area contributed by atoms with Crippen molar-refractivity contribution in [2.75, 3.05) is 26.2 Å². The topological polar surface area (TPSA) is 74.0 Å². The number of rotatable bonds is 3. The molecule has 0 unspecified atom stereocenters. The highest BCUT2D eigenvalue weighted by molar-refractivity contribution is 5.93. The Morgan fingerprint density at radius 1 is 1.06 bits per heavy atom. The second-order valence-electron chi connectivity index (χ2n) is 9.07. The fraction of sp³-hybridized carbons (Fsp3) is 0.346. The molecule has 162 valence electrons. The van der Waals surface area contributed by atoms with Gasteiger partial charge in [0.25, 0.3) is 5.91 Å². The van der Waals surface area contributed by atoms with E-state index in [2.05, 4.69) is 11.4 Å². The van der Waals surface area contributed by atoms with Crippen LogP contribution in [0.4, 0.5) is 0 Å². The van der Waals surface area contributed by atoms with Gasteiger partial charge in [-0.05, 0) is 68.5 Å². The number of likely N-dealkylation sites (tertiary alicyclic amines) is 1. The summed E-state index contributed by atoms with van der Waals surface area (Å²) in [4.78, 5) is 15.3. The number of hydrogen-bond donors (Lipinski definition) is 1. The molecule has 0 atom stereocenters. The largest absolute Gasteiger partial charge is 0.337 e. The molecule has 5 rings (SSSR count). The minimum absolute atomic E-state index is 0.00781. The number of carbonyl (C=O) groups is 1. The molecule has 1 amide bonds. The molecule has 1 aromatic heterocycles. The van der Waals surface area contributed by atoms with Gasteiger partial charge in [0, 0.05) is 25.2 Å². The molecule has 0 aliphatic carbocycles. The van der Waals surface area contributed by atoms with E-state index in [1.807, 2.05) is 59.0 Å². The van der Waals surface area contributed by atoms with E-state index in [-0.39, 0.29) is 5.91 Å². The van der Waals surface area contributed by atoms with Gasteiger partial charge < -0.3 is 10.2 Å². The van der Waals surface area contributed by atoms with Crippen molar-refractivity contribution >= 4 is 5.91 Å². The molecule has 1 spiro atoms. The van der Waals surface area contributed by atoms with E-state index >= 15 is 0 Å². The van der Waals surface area contributed by atoms with Gasteiger partial charge in [0.15, 0.2) is 5.69 Å². The van der Waals surface area contributed by atoms with Gasteiger partial charge in [-0.25, -0.2) is 4.68 Å². The van der Waals surface area contributed by atoms with Gasteiger partial charge in [0.2, 0.25) is 0 Å². The molecule has 0 saturated carbocycles. The molecule has 2 aliphatic heterocycles. The average Bonchev–Trinajstić information content (AvgIpc) is 3.48. The van der Waals surface area contributed by atoms with Crippen molar-refractivity contribution in [3.05, 3.63) is 71.4 Å². The third-order valence-electron chi connectivity index (χ3n) is 6.96. The number of hydrogen-bond acceptors (Lipinski definition) is 4. The highest BCUT2D eigenvalue weighted by Crippen LogP contribution is 2.37. The molecule has 2 saturated heterocycles. The summed E-state index contributed by atoms with van der Waals surface area (Å²) in [5.74, 6) is -0.00781. The van der Waals surface area contributed by atoms with E-state index in [1.54, 1.807) is 12.1 Å². The summed E-state index contributed by atoms with van der Waals surface area (Å²) in [5.41, 5.74) is 5.27. The molecule has 32 heavy (non-hydrogen) atoms. The Labute approximate surface area is 188 Å². The molecule has 6 nitrogen and oxygen atoms in total. The molecule has 2 aliphatic rings. The van der Waals surface area contributed by atoms with Gasteiger partial charge in [0.05, 0.1) is 23.0 Å². The predicted octanol–water partition coefficient (Wildman–Crippen LogP) is 3.94. The van der Waals surface area contributed by atoms with Crippen molar-refractivity contribution < 1.29 is 4.79 Å². The summed E-state index contributed by atoms with van der Waals surface area (Å²) in [5, 5.41) is 17.4. The summed E-state index contributed by atoms with van der Waals surface area (Å²) < 4.78 is 1.83. The summed E-state index contributed by atoms with van der Waals surface area (Å²) in [6.07, 6.45) is 3.31. The maximum absolute atomic E-state index is 13.4. The highest BCUT2D eigenvalue weighted by Gasteiger charge is 2.38. The van der Waals surface area contributed by atoms with Crippen molar-refractivity contribution in [3.8, 4) is 23.0 Å².